The minimum Gasteiger partial charge on any atom is -0.388 e. The summed E-state index contributed by atoms with van der Waals surface area (Å²) in [6, 6.07) is 29.0. The zero-order chi connectivity index (χ0) is 22.6. The average molecular weight is 474 g/mol. The van der Waals surface area contributed by atoms with Crippen molar-refractivity contribution in [2.45, 2.75) is 5.92 Å². The SMILES string of the molecule is CNc1ccc(-c2cc3c(s2)=CC2c4cc5sc(-c6ccccc6)cc5cc4C=CC2C=3)cc1. The molecule has 1 N–H and O–H groups in total. The molecule has 34 heavy (non-hydrogen) atoms. The van der Waals surface area contributed by atoms with Gasteiger partial charge in [0.25, 0.3) is 0 Å². The molecule has 164 valence electrons. The molecule has 2 unspecified atom stereocenters. The molecule has 2 aliphatic carbocycles. The summed E-state index contributed by atoms with van der Waals surface area (Å²) in [4.78, 5) is 2.68. The number of allylic oxidation sites excluding steroid dienone is 1. The Morgan fingerprint density at radius 2 is 1.56 bits per heavy atom. The molecule has 0 bridgehead atoms. The van der Waals surface area contributed by atoms with Crippen LogP contribution < -0.4 is 15.1 Å². The third kappa shape index (κ3) is 3.27. The van der Waals surface area contributed by atoms with Gasteiger partial charge in [0.15, 0.2) is 0 Å². The van der Waals surface area contributed by atoms with Crippen LogP contribution in [0.1, 0.15) is 17.0 Å². The maximum atomic E-state index is 3.21. The van der Waals surface area contributed by atoms with E-state index in [0.29, 0.717) is 11.8 Å². The number of fused-ring (bicyclic) bond motifs is 5. The highest BCUT2D eigenvalue weighted by molar-refractivity contribution is 7.22. The van der Waals surface area contributed by atoms with E-state index in [1.165, 1.54) is 51.8 Å². The van der Waals surface area contributed by atoms with Crippen molar-refractivity contribution < 1.29 is 0 Å². The number of nitrogens with one attached hydrogen (secondary N) is 1. The van der Waals surface area contributed by atoms with Crippen LogP contribution in [0.3, 0.4) is 0 Å². The molecule has 0 amide bonds. The van der Waals surface area contributed by atoms with Crippen molar-refractivity contribution >= 4 is 56.7 Å². The summed E-state index contributed by atoms with van der Waals surface area (Å²) in [7, 11) is 1.96. The topological polar surface area (TPSA) is 12.0 Å². The van der Waals surface area contributed by atoms with Gasteiger partial charge in [0, 0.05) is 43.6 Å². The third-order valence-corrected chi connectivity index (χ3v) is 9.32. The van der Waals surface area contributed by atoms with Crippen molar-refractivity contribution in [3.8, 4) is 20.9 Å². The summed E-state index contributed by atoms with van der Waals surface area (Å²) in [5.41, 5.74) is 6.54. The van der Waals surface area contributed by atoms with Crippen LogP contribution in [0.2, 0.25) is 0 Å². The van der Waals surface area contributed by atoms with E-state index in [0.717, 1.165) is 5.69 Å². The summed E-state index contributed by atoms with van der Waals surface area (Å²) in [6.45, 7) is 0. The minimum absolute atomic E-state index is 0.400. The third-order valence-electron chi connectivity index (χ3n) is 7.00. The predicted octanol–water partition coefficient (Wildman–Crippen LogP) is 7.34. The number of thiophene rings is 2. The van der Waals surface area contributed by atoms with Crippen LogP contribution in [0.15, 0.2) is 84.9 Å². The molecule has 5 aromatic rings. The van der Waals surface area contributed by atoms with Crippen LogP contribution in [0, 0.1) is 5.92 Å². The molecule has 0 fully saturated rings. The maximum absolute atomic E-state index is 3.21. The van der Waals surface area contributed by atoms with Crippen molar-refractivity contribution in [3.05, 3.63) is 106 Å². The van der Waals surface area contributed by atoms with Crippen LogP contribution in [0.5, 0.6) is 0 Å². The van der Waals surface area contributed by atoms with Gasteiger partial charge >= 0.3 is 0 Å². The van der Waals surface area contributed by atoms with E-state index < -0.39 is 0 Å². The predicted molar refractivity (Wildman–Crippen MR) is 150 cm³/mol. The fourth-order valence-electron chi connectivity index (χ4n) is 5.19. The molecule has 2 aliphatic rings. The van der Waals surface area contributed by atoms with Crippen LogP contribution in [-0.2, 0) is 0 Å². The molecule has 0 aliphatic heterocycles. The molecule has 2 heterocycles. The fraction of sp³-hybridized carbons (Fsp3) is 0.0968. The van der Waals surface area contributed by atoms with E-state index in [-0.39, 0.29) is 0 Å². The summed E-state index contributed by atoms with van der Waals surface area (Å²) >= 11 is 3.81. The summed E-state index contributed by atoms with van der Waals surface area (Å²) in [5.74, 6) is 0.817. The monoisotopic (exact) mass is 473 g/mol. The fourth-order valence-corrected chi connectivity index (χ4v) is 7.43. The second kappa shape index (κ2) is 7.83. The summed E-state index contributed by atoms with van der Waals surface area (Å²) < 4.78 is 2.77. The second-order valence-corrected chi connectivity index (χ2v) is 11.2. The molecule has 1 nitrogen and oxygen atoms in total. The van der Waals surface area contributed by atoms with Gasteiger partial charge in [0.2, 0.25) is 0 Å². The van der Waals surface area contributed by atoms with Gasteiger partial charge in [0.05, 0.1) is 0 Å². The van der Waals surface area contributed by atoms with E-state index in [1.54, 1.807) is 0 Å². The van der Waals surface area contributed by atoms with Gasteiger partial charge in [-0.3, -0.25) is 0 Å². The number of anilines is 1. The molecule has 0 radical (unpaired) electrons. The van der Waals surface area contributed by atoms with Crippen molar-refractivity contribution in [2.24, 2.45) is 5.92 Å². The number of benzene rings is 3. The van der Waals surface area contributed by atoms with Crippen LogP contribution in [0.4, 0.5) is 5.69 Å². The Hall–Kier alpha value is -3.40. The Balaban J connectivity index is 1.31. The molecule has 0 spiro atoms. The Bertz CT molecular complexity index is 1680. The first-order chi connectivity index (χ1) is 16.7. The molecular formula is C31H23NS2. The van der Waals surface area contributed by atoms with Crippen molar-refractivity contribution in [2.75, 3.05) is 12.4 Å². The number of hydrogen-bond donors (Lipinski definition) is 1. The number of rotatable bonds is 3. The average Bonchev–Trinajstić information content (AvgIpc) is 3.50. The molecule has 7 rings (SSSR count). The highest BCUT2D eigenvalue weighted by Crippen LogP contribution is 2.42. The van der Waals surface area contributed by atoms with Crippen LogP contribution in [-0.4, -0.2) is 7.05 Å². The van der Waals surface area contributed by atoms with Crippen LogP contribution >= 0.6 is 22.7 Å². The largest absolute Gasteiger partial charge is 0.388 e. The first-order valence-electron chi connectivity index (χ1n) is 11.7. The van der Waals surface area contributed by atoms with Gasteiger partial charge in [-0.2, -0.15) is 0 Å². The van der Waals surface area contributed by atoms with E-state index in [9.17, 15) is 0 Å². The lowest BCUT2D eigenvalue weighted by Crippen LogP contribution is -2.28. The molecular weight excluding hydrogens is 450 g/mol. The lowest BCUT2D eigenvalue weighted by Gasteiger charge is -2.27. The van der Waals surface area contributed by atoms with Crippen molar-refractivity contribution in [1.82, 2.24) is 0 Å². The lowest BCUT2D eigenvalue weighted by molar-refractivity contribution is 0.757. The molecule has 2 aromatic heterocycles. The normalized spacial score (nSPS) is 17.9. The van der Waals surface area contributed by atoms with Gasteiger partial charge in [0.1, 0.15) is 0 Å². The quantitative estimate of drug-likeness (QED) is 0.289. The van der Waals surface area contributed by atoms with Gasteiger partial charge in [-0.25, -0.2) is 0 Å². The Kier molecular flexibility index (Phi) is 4.61. The standard InChI is InChI=1S/C31H23NS2/c1-32-25-11-9-20(10-12-25)29-16-24-14-22-8-7-21-13-23-15-28(19-5-3-2-4-6-19)33-30(23)17-26(21)27(22)18-31(24)34-29/h2-18,22,27,32H,1H3. The highest BCUT2D eigenvalue weighted by atomic mass is 32.1. The molecule has 0 saturated carbocycles. The van der Waals surface area contributed by atoms with Crippen LogP contribution in [0.25, 0.3) is 49.2 Å². The molecule has 0 saturated heterocycles. The zero-order valence-corrected chi connectivity index (χ0v) is 20.4. The molecule has 3 heteroatoms. The summed E-state index contributed by atoms with van der Waals surface area (Å²) in [5, 5.41) is 5.92. The minimum atomic E-state index is 0.400. The Morgan fingerprint density at radius 1 is 0.765 bits per heavy atom. The van der Waals surface area contributed by atoms with Gasteiger partial charge < -0.3 is 5.32 Å². The van der Waals surface area contributed by atoms with Gasteiger partial charge in [-0.05, 0) is 69.3 Å². The first kappa shape index (κ1) is 20.0. The van der Waals surface area contributed by atoms with Gasteiger partial charge in [-0.1, -0.05) is 66.8 Å². The van der Waals surface area contributed by atoms with E-state index in [2.05, 4.69) is 108 Å². The number of hydrogen-bond acceptors (Lipinski definition) is 3. The second-order valence-electron chi connectivity index (χ2n) is 9.05. The molecule has 2 atom stereocenters. The van der Waals surface area contributed by atoms with Crippen molar-refractivity contribution in [3.63, 3.8) is 0 Å². The zero-order valence-electron chi connectivity index (χ0n) is 18.8. The highest BCUT2D eigenvalue weighted by Gasteiger charge is 2.26. The van der Waals surface area contributed by atoms with Gasteiger partial charge in [-0.15, -0.1) is 22.7 Å². The summed E-state index contributed by atoms with van der Waals surface area (Å²) in [6.07, 6.45) is 9.70. The smallest absolute Gasteiger partial charge is 0.0355 e. The van der Waals surface area contributed by atoms with Crippen molar-refractivity contribution in [1.29, 1.82) is 0 Å². The Morgan fingerprint density at radius 3 is 2.38 bits per heavy atom. The Labute approximate surface area is 207 Å². The van der Waals surface area contributed by atoms with E-state index in [4.69, 9.17) is 0 Å². The van der Waals surface area contributed by atoms with E-state index >= 15 is 0 Å². The lowest BCUT2D eigenvalue weighted by atomic mass is 9.77. The maximum Gasteiger partial charge on any atom is 0.0355 e. The first-order valence-corrected chi connectivity index (χ1v) is 13.3. The van der Waals surface area contributed by atoms with E-state index in [1.807, 2.05) is 29.7 Å². The molecule has 3 aromatic carbocycles.